The van der Waals surface area contributed by atoms with Gasteiger partial charge in [-0.3, -0.25) is 10.2 Å². The van der Waals surface area contributed by atoms with Crippen LogP contribution >= 0.6 is 12.2 Å². The molecular formula is C21H26N4O2S. The summed E-state index contributed by atoms with van der Waals surface area (Å²) >= 11 is 5.33. The summed E-state index contributed by atoms with van der Waals surface area (Å²) in [6.07, 6.45) is 3.40. The molecule has 3 rings (SSSR count). The van der Waals surface area contributed by atoms with Crippen molar-refractivity contribution in [3.8, 4) is 0 Å². The van der Waals surface area contributed by atoms with Crippen LogP contribution in [0.3, 0.4) is 0 Å². The lowest BCUT2D eigenvalue weighted by Gasteiger charge is -2.14. The van der Waals surface area contributed by atoms with Gasteiger partial charge < -0.3 is 15.1 Å². The number of nitrogens with one attached hydrogen (secondary N) is 3. The van der Waals surface area contributed by atoms with Gasteiger partial charge in [-0.25, -0.2) is 0 Å². The van der Waals surface area contributed by atoms with Crippen LogP contribution in [0.15, 0.2) is 39.9 Å². The number of hydrogen-bond donors (Lipinski definition) is 3. The third-order valence-corrected chi connectivity index (χ3v) is 5.04. The number of fused-ring (bicyclic) bond motifs is 1. The average molecular weight is 399 g/mol. The second-order valence-corrected chi connectivity index (χ2v) is 7.39. The monoisotopic (exact) mass is 398 g/mol. The predicted octanol–water partition coefficient (Wildman–Crippen LogP) is 4.14. The molecule has 0 aliphatic heterocycles. The Labute approximate surface area is 170 Å². The second kappa shape index (κ2) is 9.01. The zero-order chi connectivity index (χ0) is 20.1. The van der Waals surface area contributed by atoms with Crippen molar-refractivity contribution in [2.75, 3.05) is 5.32 Å². The fourth-order valence-corrected chi connectivity index (χ4v) is 3.35. The summed E-state index contributed by atoms with van der Waals surface area (Å²) in [5, 5.41) is 11.0. The van der Waals surface area contributed by atoms with Crippen molar-refractivity contribution in [3.05, 3.63) is 53.0 Å². The fraction of sp³-hybridized carbons (Fsp3) is 0.381. The first-order chi connectivity index (χ1) is 13.5. The van der Waals surface area contributed by atoms with E-state index in [4.69, 9.17) is 16.6 Å². The van der Waals surface area contributed by atoms with Gasteiger partial charge in [0, 0.05) is 29.3 Å². The molecule has 1 atom stereocenters. The first-order valence-electron chi connectivity index (χ1n) is 9.61. The van der Waals surface area contributed by atoms with Crippen LogP contribution in [0.4, 0.5) is 5.69 Å². The number of aryl methyl sites for hydroxylation is 1. The van der Waals surface area contributed by atoms with Crippen LogP contribution in [0, 0.1) is 6.92 Å². The third kappa shape index (κ3) is 4.59. The second-order valence-electron chi connectivity index (χ2n) is 6.98. The molecule has 0 spiro atoms. The number of rotatable bonds is 5. The molecular weight excluding hydrogens is 372 g/mol. The minimum Gasteiger partial charge on any atom is -0.455 e. The Kier molecular flexibility index (Phi) is 6.46. The summed E-state index contributed by atoms with van der Waals surface area (Å²) in [7, 11) is 0. The number of benzene rings is 1. The maximum Gasteiger partial charge on any atom is 0.287 e. The first kappa shape index (κ1) is 20.1. The third-order valence-electron chi connectivity index (χ3n) is 4.85. The van der Waals surface area contributed by atoms with Gasteiger partial charge in [0.15, 0.2) is 10.9 Å². The van der Waals surface area contributed by atoms with Crippen LogP contribution in [-0.2, 0) is 6.42 Å². The molecule has 0 radical (unpaired) electrons. The van der Waals surface area contributed by atoms with Crippen LogP contribution in [0.25, 0.3) is 0 Å². The molecule has 1 aromatic carbocycles. The molecule has 1 aromatic heterocycles. The van der Waals surface area contributed by atoms with E-state index in [0.717, 1.165) is 54.0 Å². The Morgan fingerprint density at radius 1 is 1.29 bits per heavy atom. The van der Waals surface area contributed by atoms with E-state index < -0.39 is 0 Å². The average Bonchev–Trinajstić information content (AvgIpc) is 3.04. The lowest BCUT2D eigenvalue weighted by atomic mass is 9.93. The summed E-state index contributed by atoms with van der Waals surface area (Å²) in [6.45, 7) is 5.93. The molecule has 0 saturated carbocycles. The lowest BCUT2D eigenvalue weighted by Crippen LogP contribution is -2.32. The van der Waals surface area contributed by atoms with E-state index in [2.05, 4.69) is 21.2 Å². The van der Waals surface area contributed by atoms with Gasteiger partial charge >= 0.3 is 0 Å². The molecule has 1 aliphatic carbocycles. The highest BCUT2D eigenvalue weighted by Crippen LogP contribution is 2.30. The van der Waals surface area contributed by atoms with Crippen molar-refractivity contribution >= 4 is 34.6 Å². The Morgan fingerprint density at radius 2 is 2.04 bits per heavy atom. The molecule has 0 fully saturated rings. The Balaban J connectivity index is 1.76. The maximum absolute atomic E-state index is 12.5. The molecule has 1 unspecified atom stereocenters. The van der Waals surface area contributed by atoms with E-state index in [1.807, 2.05) is 51.1 Å². The number of furan rings is 1. The predicted molar refractivity (Wildman–Crippen MR) is 116 cm³/mol. The van der Waals surface area contributed by atoms with E-state index in [-0.39, 0.29) is 11.9 Å². The summed E-state index contributed by atoms with van der Waals surface area (Å²) in [4.78, 5) is 12.5. The van der Waals surface area contributed by atoms with Gasteiger partial charge in [-0.1, -0.05) is 25.1 Å². The molecule has 1 amide bonds. The summed E-state index contributed by atoms with van der Waals surface area (Å²) < 4.78 is 5.91. The number of amides is 1. The van der Waals surface area contributed by atoms with Crippen LogP contribution < -0.4 is 16.1 Å². The van der Waals surface area contributed by atoms with E-state index in [0.29, 0.717) is 10.9 Å². The van der Waals surface area contributed by atoms with E-state index in [9.17, 15) is 4.79 Å². The Bertz CT molecular complexity index is 889. The van der Waals surface area contributed by atoms with Gasteiger partial charge in [-0.2, -0.15) is 5.10 Å². The minimum absolute atomic E-state index is 0.102. The van der Waals surface area contributed by atoms with Crippen LogP contribution in [0.2, 0.25) is 0 Å². The molecule has 1 heterocycles. The zero-order valence-corrected chi connectivity index (χ0v) is 17.3. The molecule has 28 heavy (non-hydrogen) atoms. The van der Waals surface area contributed by atoms with Gasteiger partial charge in [0.05, 0.1) is 5.71 Å². The van der Waals surface area contributed by atoms with Crippen LogP contribution in [0.1, 0.15) is 60.6 Å². The highest BCUT2D eigenvalue weighted by atomic mass is 32.1. The van der Waals surface area contributed by atoms with E-state index in [1.54, 1.807) is 0 Å². The molecule has 148 valence electrons. The highest BCUT2D eigenvalue weighted by molar-refractivity contribution is 7.80. The van der Waals surface area contributed by atoms with Gasteiger partial charge in [-0.15, -0.1) is 0 Å². The van der Waals surface area contributed by atoms with Crippen molar-refractivity contribution in [2.45, 2.75) is 52.5 Å². The van der Waals surface area contributed by atoms with Crippen LogP contribution in [-0.4, -0.2) is 22.8 Å². The quantitative estimate of drug-likeness (QED) is 0.521. The normalized spacial score (nSPS) is 15.6. The topological polar surface area (TPSA) is 78.7 Å². The number of hydrogen-bond acceptors (Lipinski definition) is 4. The molecule has 2 aromatic rings. The molecule has 1 aliphatic rings. The number of thiocarbonyl (C=S) groups is 1. The first-order valence-corrected chi connectivity index (χ1v) is 10.0. The highest BCUT2D eigenvalue weighted by Gasteiger charge is 2.28. The van der Waals surface area contributed by atoms with Gasteiger partial charge in [0.25, 0.3) is 5.91 Å². The summed E-state index contributed by atoms with van der Waals surface area (Å²) in [5.74, 6) is 1.03. The van der Waals surface area contributed by atoms with Crippen molar-refractivity contribution < 1.29 is 9.21 Å². The van der Waals surface area contributed by atoms with Crippen molar-refractivity contribution in [2.24, 2.45) is 5.10 Å². The van der Waals surface area contributed by atoms with Gasteiger partial charge in [0.2, 0.25) is 0 Å². The van der Waals surface area contributed by atoms with Crippen molar-refractivity contribution in [1.82, 2.24) is 10.7 Å². The summed E-state index contributed by atoms with van der Waals surface area (Å²) in [5.41, 5.74) is 6.43. The smallest absolute Gasteiger partial charge is 0.287 e. The number of hydrazone groups is 1. The molecule has 0 bridgehead atoms. The Morgan fingerprint density at radius 3 is 2.75 bits per heavy atom. The number of nitrogens with zero attached hydrogens (tertiary/aromatic N) is 1. The fourth-order valence-electron chi connectivity index (χ4n) is 3.19. The number of carbonyl (C=O) groups excluding carboxylic acids is 1. The van der Waals surface area contributed by atoms with E-state index >= 15 is 0 Å². The van der Waals surface area contributed by atoms with E-state index in [1.165, 1.54) is 0 Å². The zero-order valence-electron chi connectivity index (χ0n) is 16.5. The standard InChI is InChI=1S/C21H26N4O2S/c1-4-13(2)22-20(26)19-14(3)18-16(11-8-12-17(18)27-19)24-25-21(28)23-15-9-6-5-7-10-15/h5-7,9-10,13H,4,8,11-12H2,1-3H3,(H,22,26)(H2,23,25,28)/b24-16+. The lowest BCUT2D eigenvalue weighted by molar-refractivity contribution is 0.0908. The van der Waals surface area contributed by atoms with Gasteiger partial charge in [-0.05, 0) is 57.5 Å². The molecule has 7 heteroatoms. The summed E-state index contributed by atoms with van der Waals surface area (Å²) in [6, 6.07) is 9.79. The number of carbonyl (C=O) groups is 1. The van der Waals surface area contributed by atoms with Crippen LogP contribution in [0.5, 0.6) is 0 Å². The molecule has 0 saturated heterocycles. The Hall–Kier alpha value is -2.67. The largest absolute Gasteiger partial charge is 0.455 e. The molecule has 3 N–H and O–H groups in total. The molecule has 6 nitrogen and oxygen atoms in total. The van der Waals surface area contributed by atoms with Crippen molar-refractivity contribution in [3.63, 3.8) is 0 Å². The number of anilines is 1. The van der Waals surface area contributed by atoms with Crippen molar-refractivity contribution in [1.29, 1.82) is 0 Å². The SMILES string of the molecule is CCC(C)NC(=O)c1oc2c(c1C)/C(=N/NC(=S)Nc1ccccc1)CCC2. The van der Waals surface area contributed by atoms with Gasteiger partial charge in [0.1, 0.15) is 5.76 Å². The maximum atomic E-state index is 12.5. The minimum atomic E-state index is -0.171. The number of para-hydroxylation sites is 1.